The van der Waals surface area contributed by atoms with Gasteiger partial charge in [0, 0.05) is 25.8 Å². The van der Waals surface area contributed by atoms with Crippen LogP contribution in [0.3, 0.4) is 0 Å². The molecule has 2 aromatic carbocycles. The monoisotopic (exact) mass is 465 g/mol. The number of Topliss-reactive ketones (excluding diaryl/α,β-unsaturated/α-hetero) is 1. The van der Waals surface area contributed by atoms with Crippen molar-refractivity contribution in [1.29, 1.82) is 0 Å². The van der Waals surface area contributed by atoms with Crippen LogP contribution in [0.5, 0.6) is 11.5 Å². The molecule has 4 rings (SSSR count). The fourth-order valence-electron chi connectivity index (χ4n) is 4.47. The van der Waals surface area contributed by atoms with Crippen molar-refractivity contribution in [2.75, 3.05) is 33.5 Å². The number of methoxy groups -OCH3 is 1. The van der Waals surface area contributed by atoms with Crippen LogP contribution >= 0.6 is 0 Å². The number of nitrogens with zero attached hydrogens (tertiary/aromatic N) is 1. The molecule has 2 aliphatic heterocycles. The average Bonchev–Trinajstić information content (AvgIpc) is 3.12. The van der Waals surface area contributed by atoms with Gasteiger partial charge in [0.15, 0.2) is 0 Å². The minimum absolute atomic E-state index is 0.0984. The lowest BCUT2D eigenvalue weighted by molar-refractivity contribution is -0.140. The van der Waals surface area contributed by atoms with E-state index in [9.17, 15) is 14.7 Å². The third kappa shape index (κ3) is 4.80. The van der Waals surface area contributed by atoms with Crippen LogP contribution in [-0.2, 0) is 20.7 Å². The summed E-state index contributed by atoms with van der Waals surface area (Å²) in [6.45, 7) is 4.12. The maximum Gasteiger partial charge on any atom is 0.295 e. The van der Waals surface area contributed by atoms with Crippen LogP contribution in [0, 0.1) is 0 Å². The zero-order valence-corrected chi connectivity index (χ0v) is 19.7. The first-order valence-electron chi connectivity index (χ1n) is 11.8. The smallest absolute Gasteiger partial charge is 0.295 e. The summed E-state index contributed by atoms with van der Waals surface area (Å²) in [7, 11) is 1.60. The van der Waals surface area contributed by atoms with E-state index in [1.807, 2.05) is 43.3 Å². The number of likely N-dealkylation sites (tertiary alicyclic amines) is 1. The maximum absolute atomic E-state index is 13.2. The van der Waals surface area contributed by atoms with Gasteiger partial charge in [0.05, 0.1) is 24.8 Å². The summed E-state index contributed by atoms with van der Waals surface area (Å²) in [5, 5.41) is 11.3. The first-order valence-corrected chi connectivity index (χ1v) is 11.8. The van der Waals surface area contributed by atoms with E-state index in [-0.39, 0.29) is 11.3 Å². The number of aliphatic hydroxyl groups is 1. The van der Waals surface area contributed by atoms with E-state index in [0.29, 0.717) is 38.3 Å². The molecule has 0 aromatic heterocycles. The van der Waals surface area contributed by atoms with Crippen LogP contribution in [0.15, 0.2) is 48.0 Å². The summed E-state index contributed by atoms with van der Waals surface area (Å²) in [5.74, 6) is 0.0476. The van der Waals surface area contributed by atoms with Gasteiger partial charge in [0.2, 0.25) is 0 Å². The zero-order chi connectivity index (χ0) is 24.1. The Morgan fingerprint density at radius 1 is 1.15 bits per heavy atom. The molecule has 2 heterocycles. The summed E-state index contributed by atoms with van der Waals surface area (Å²) in [5.41, 5.74) is 2.33. The van der Waals surface area contributed by atoms with E-state index in [1.54, 1.807) is 13.2 Å². The minimum Gasteiger partial charge on any atom is -0.507 e. The Labute approximate surface area is 199 Å². The van der Waals surface area contributed by atoms with Crippen molar-refractivity contribution in [2.45, 2.75) is 38.6 Å². The second kappa shape index (κ2) is 10.7. The van der Waals surface area contributed by atoms with Crippen LogP contribution < -0.4 is 9.47 Å². The van der Waals surface area contributed by atoms with Crippen molar-refractivity contribution >= 4 is 17.4 Å². The number of aryl methyl sites for hydroxylation is 1. The number of amides is 1. The molecule has 1 fully saturated rings. The third-order valence-corrected chi connectivity index (χ3v) is 6.14. The number of fused-ring (bicyclic) bond motifs is 1. The van der Waals surface area contributed by atoms with Crippen LogP contribution in [0.1, 0.15) is 48.9 Å². The van der Waals surface area contributed by atoms with Crippen LogP contribution in [0.4, 0.5) is 0 Å². The van der Waals surface area contributed by atoms with Gasteiger partial charge in [-0.1, -0.05) is 19.1 Å². The van der Waals surface area contributed by atoms with Gasteiger partial charge >= 0.3 is 0 Å². The molecule has 7 heteroatoms. The summed E-state index contributed by atoms with van der Waals surface area (Å²) >= 11 is 0. The number of hydrogen-bond acceptors (Lipinski definition) is 6. The molecular weight excluding hydrogens is 434 g/mol. The molecule has 1 saturated heterocycles. The first-order chi connectivity index (χ1) is 16.5. The minimum atomic E-state index is -0.690. The van der Waals surface area contributed by atoms with Gasteiger partial charge in [0.1, 0.15) is 17.3 Å². The Kier molecular flexibility index (Phi) is 7.53. The topological polar surface area (TPSA) is 85.3 Å². The highest BCUT2D eigenvalue weighted by atomic mass is 16.5. The van der Waals surface area contributed by atoms with Crippen molar-refractivity contribution < 1.29 is 28.9 Å². The Morgan fingerprint density at radius 3 is 2.68 bits per heavy atom. The van der Waals surface area contributed by atoms with Crippen molar-refractivity contribution in [2.24, 2.45) is 0 Å². The van der Waals surface area contributed by atoms with E-state index in [4.69, 9.17) is 14.2 Å². The van der Waals surface area contributed by atoms with E-state index in [2.05, 4.69) is 0 Å². The Balaban J connectivity index is 1.75. The van der Waals surface area contributed by atoms with E-state index in [0.717, 1.165) is 41.9 Å². The summed E-state index contributed by atoms with van der Waals surface area (Å²) in [6.07, 6.45) is 3.21. The van der Waals surface area contributed by atoms with Crippen LogP contribution in [0.2, 0.25) is 0 Å². The zero-order valence-electron chi connectivity index (χ0n) is 19.7. The van der Waals surface area contributed by atoms with Gasteiger partial charge in [-0.3, -0.25) is 9.59 Å². The molecular formula is C27H31NO6. The van der Waals surface area contributed by atoms with Gasteiger partial charge in [-0.15, -0.1) is 0 Å². The summed E-state index contributed by atoms with van der Waals surface area (Å²) in [4.78, 5) is 27.7. The largest absolute Gasteiger partial charge is 0.507 e. The van der Waals surface area contributed by atoms with Crippen LogP contribution in [0.25, 0.3) is 5.76 Å². The van der Waals surface area contributed by atoms with E-state index in [1.165, 1.54) is 4.90 Å². The predicted molar refractivity (Wildman–Crippen MR) is 128 cm³/mol. The number of carbonyl (C=O) groups excluding carboxylic acids is 2. The molecule has 2 aromatic rings. The number of carbonyl (C=O) groups is 2. The number of aliphatic hydroxyl groups excluding tert-OH is 1. The molecule has 1 N–H and O–H groups in total. The highest BCUT2D eigenvalue weighted by Crippen LogP contribution is 2.40. The maximum atomic E-state index is 13.2. The SMILES string of the molecule is CCCOc1ccc(C2/C(=C(/O)c3ccc4c(c3)CCCO4)C(=O)C(=O)N2CCCOC)cc1. The fourth-order valence-corrected chi connectivity index (χ4v) is 4.47. The van der Waals surface area contributed by atoms with Crippen molar-refractivity contribution in [3.63, 3.8) is 0 Å². The number of rotatable bonds is 9. The Bertz CT molecular complexity index is 1080. The number of ether oxygens (including phenoxy) is 3. The molecule has 180 valence electrons. The summed E-state index contributed by atoms with van der Waals surface area (Å²) < 4.78 is 16.5. The van der Waals surface area contributed by atoms with Crippen molar-refractivity contribution in [3.05, 3.63) is 64.7 Å². The number of hydrogen-bond donors (Lipinski definition) is 1. The van der Waals surface area contributed by atoms with Gasteiger partial charge in [0.25, 0.3) is 11.7 Å². The van der Waals surface area contributed by atoms with Gasteiger partial charge in [-0.25, -0.2) is 0 Å². The van der Waals surface area contributed by atoms with Gasteiger partial charge in [-0.2, -0.15) is 0 Å². The standard InChI is InChI=1S/C27H31NO6/c1-3-14-33-21-10-7-18(8-11-21)24-23(26(30)27(31)28(24)13-5-15-32-2)25(29)20-9-12-22-19(17-20)6-4-16-34-22/h7-12,17,24,29H,3-6,13-16H2,1-2H3/b25-23-. The molecule has 1 atom stereocenters. The summed E-state index contributed by atoms with van der Waals surface area (Å²) in [6, 6.07) is 12.1. The second-order valence-electron chi connectivity index (χ2n) is 8.53. The number of benzene rings is 2. The molecule has 2 aliphatic rings. The first kappa shape index (κ1) is 23.8. The lowest BCUT2D eigenvalue weighted by Gasteiger charge is -2.25. The molecule has 1 unspecified atom stereocenters. The van der Waals surface area contributed by atoms with Crippen molar-refractivity contribution in [3.8, 4) is 11.5 Å². The normalized spacial score (nSPS) is 19.1. The molecule has 0 radical (unpaired) electrons. The molecule has 34 heavy (non-hydrogen) atoms. The molecule has 0 saturated carbocycles. The predicted octanol–water partition coefficient (Wildman–Crippen LogP) is 4.26. The Hall–Kier alpha value is -3.32. The highest BCUT2D eigenvalue weighted by Gasteiger charge is 2.45. The molecule has 7 nitrogen and oxygen atoms in total. The third-order valence-electron chi connectivity index (χ3n) is 6.14. The van der Waals surface area contributed by atoms with Gasteiger partial charge < -0.3 is 24.2 Å². The highest BCUT2D eigenvalue weighted by molar-refractivity contribution is 6.46. The Morgan fingerprint density at radius 2 is 1.94 bits per heavy atom. The lowest BCUT2D eigenvalue weighted by Crippen LogP contribution is -2.31. The van der Waals surface area contributed by atoms with Crippen molar-refractivity contribution in [1.82, 2.24) is 4.90 Å². The molecule has 1 amide bonds. The average molecular weight is 466 g/mol. The van der Waals surface area contributed by atoms with Crippen LogP contribution in [-0.4, -0.2) is 55.2 Å². The lowest BCUT2D eigenvalue weighted by atomic mass is 9.94. The second-order valence-corrected chi connectivity index (χ2v) is 8.53. The van der Waals surface area contributed by atoms with Gasteiger partial charge in [-0.05, 0) is 67.1 Å². The fraction of sp³-hybridized carbons (Fsp3) is 0.407. The molecule has 0 aliphatic carbocycles. The quantitative estimate of drug-likeness (QED) is 0.258. The van der Waals surface area contributed by atoms with E-state index >= 15 is 0 Å². The molecule has 0 bridgehead atoms. The van der Waals surface area contributed by atoms with E-state index < -0.39 is 17.7 Å². The molecule has 0 spiro atoms. The number of ketones is 1.